The average Bonchev–Trinajstić information content (AvgIpc) is 1.02. The lowest BCUT2D eigenvalue weighted by molar-refractivity contribution is 0.590. The molecule has 23 rings (SSSR count). The quantitative estimate of drug-likeness (QED) is 0.101. The first-order valence-corrected chi connectivity index (χ1v) is 40.4. The van der Waals surface area contributed by atoms with Crippen molar-refractivity contribution in [2.24, 2.45) is 0 Å². The van der Waals surface area contributed by atoms with Crippen LogP contribution in [0.4, 0.5) is 39.8 Å². The first-order valence-electron chi connectivity index (χ1n) is 47.4. The Bertz CT molecular complexity index is 8210. The summed E-state index contributed by atoms with van der Waals surface area (Å²) >= 11 is 0. The standard InChI is InChI=1S/C112H78BN7/c1-111(2,3)78-50-56-85-83-36-20-24-40-95(83)116(99(85)64-78)81-54-58-93-101(66-81)119(106-89(72-28-12-8-13-29-72)60-76(70-46-44-69(68-114)45-47-70)61-90(106)73-30-14-9-15-31-73)109-103-87-38-22-26-42-97(87)118-98-43-27-23-39-88(98)104(108(103)118)110-105(109)113(93)94-59-55-82(117-96-41-25-21-37-84(96)86-57-51-79(65-100(86)117)112(4,5)6)67-102(94)120(110)107-91(74-32-16-10-17-33-74)62-77(71-48-52-80(115-7)53-49-71)63-92(107)75-34-18-11-19-35-75/h8-67H,1-6H3/i20D,21D,24D,25D,36D,37D,40D,41D,50D,51D,56D,57D,64D,65D. The van der Waals surface area contributed by atoms with E-state index in [1.54, 1.807) is 9.13 Å². The van der Waals surface area contributed by atoms with Gasteiger partial charge in [-0.15, -0.1) is 0 Å². The van der Waals surface area contributed by atoms with Crippen LogP contribution < -0.4 is 26.2 Å². The van der Waals surface area contributed by atoms with Gasteiger partial charge in [-0.3, -0.25) is 0 Å². The van der Waals surface area contributed by atoms with E-state index in [1.165, 1.54) is 0 Å². The number of hydrogen-bond donors (Lipinski definition) is 0. The molecule has 2 aliphatic rings. The molecule has 0 radical (unpaired) electrons. The van der Waals surface area contributed by atoms with E-state index in [0.717, 1.165) is 133 Å². The van der Waals surface area contributed by atoms with Gasteiger partial charge < -0.3 is 23.3 Å². The topological polar surface area (TPSA) is 48.9 Å². The Morgan fingerprint density at radius 2 is 0.725 bits per heavy atom. The number of nitrogens with zero attached hydrogens (tertiary/aromatic N) is 7. The summed E-state index contributed by atoms with van der Waals surface area (Å²) < 4.78 is 146. The van der Waals surface area contributed by atoms with Crippen molar-refractivity contribution in [3.8, 4) is 84.2 Å². The number of aromatic nitrogens is 3. The van der Waals surface area contributed by atoms with Crippen molar-refractivity contribution in [3.05, 3.63) is 392 Å². The molecule has 8 heteroatoms. The van der Waals surface area contributed by atoms with Crippen LogP contribution in [-0.4, -0.2) is 20.2 Å². The van der Waals surface area contributed by atoms with Crippen LogP contribution in [0.5, 0.6) is 0 Å². The van der Waals surface area contributed by atoms with Gasteiger partial charge in [-0.05, 0) is 180 Å². The van der Waals surface area contributed by atoms with E-state index in [4.69, 9.17) is 6.57 Å². The Morgan fingerprint density at radius 3 is 1.12 bits per heavy atom. The predicted molar refractivity (Wildman–Crippen MR) is 505 cm³/mol. The summed E-state index contributed by atoms with van der Waals surface area (Å²) in [5.74, 6) is 0. The molecular weight excluding hydrogens is 1450 g/mol. The number of anilines is 6. The number of fused-ring (bicyclic) bond motifs is 18. The second kappa shape index (κ2) is 26.7. The molecule has 0 bridgehead atoms. The average molecular weight is 1550 g/mol. The normalized spacial score (nSPS) is 14.3. The van der Waals surface area contributed by atoms with Crippen LogP contribution in [0.25, 0.3) is 165 Å². The molecule has 17 aromatic carbocycles. The molecule has 0 atom stereocenters. The number of rotatable bonds is 10. The number of para-hydroxylation sites is 4. The van der Waals surface area contributed by atoms with E-state index in [-0.39, 0.29) is 91.0 Å². The second-order valence-corrected chi connectivity index (χ2v) is 33.4. The van der Waals surface area contributed by atoms with Crippen molar-refractivity contribution < 1.29 is 19.2 Å². The molecular formula is C112H78BN7. The van der Waals surface area contributed by atoms with Crippen LogP contribution in [0.1, 0.15) is 77.4 Å². The minimum Gasteiger partial charge on any atom is -0.309 e. The molecule has 21 aromatic rings. The molecule has 0 unspecified atom stereocenters. The Balaban J connectivity index is 0.985. The first-order chi connectivity index (χ1) is 64.6. The van der Waals surface area contributed by atoms with Gasteiger partial charge in [0.25, 0.3) is 6.71 Å². The van der Waals surface area contributed by atoms with E-state index in [1.807, 2.05) is 175 Å². The fourth-order valence-electron chi connectivity index (χ4n) is 18.9. The Morgan fingerprint density at radius 1 is 0.350 bits per heavy atom. The highest BCUT2D eigenvalue weighted by Crippen LogP contribution is 2.60. The SMILES string of the molecule is [2H]c1c([2H])c([2H])c2c(c1[2H])c1c([2H])c([2H])c(C(C)(C)C)c([2H])c1n2-c1ccc2c(c1)N(c1c(-c3ccccc3)cc(-c3ccc(C#N)cc3)cc1-c1ccccc1)c1c3c(c4c5ccccc5n5c6ccccc6c1c45)N(c1c(-c4ccccc4)cc(-c4ccc([N+]#[C-])cc4)cc1-c1ccccc1)c1cc(-n4c5c([2H])c([2H])c([2H])c([2H])c5c5c([2H])c([2H])c(C(C)(C)C)c([2H])c54)ccc1B23. The minimum absolute atomic E-state index is 0.00169. The van der Waals surface area contributed by atoms with Gasteiger partial charge in [0, 0.05) is 88.1 Å². The summed E-state index contributed by atoms with van der Waals surface area (Å²) in [7, 11) is 0. The van der Waals surface area contributed by atoms with Crippen molar-refractivity contribution in [2.45, 2.75) is 52.4 Å². The number of benzene rings is 17. The Labute approximate surface area is 716 Å². The third kappa shape index (κ3) is 10.6. The highest BCUT2D eigenvalue weighted by molar-refractivity contribution is 7.01. The van der Waals surface area contributed by atoms with Crippen LogP contribution >= 0.6 is 0 Å². The van der Waals surface area contributed by atoms with Crippen LogP contribution in [0.2, 0.25) is 0 Å². The van der Waals surface area contributed by atoms with E-state index < -0.39 is 65.9 Å². The summed E-state index contributed by atoms with van der Waals surface area (Å²) in [6.07, 6.45) is 0. The highest BCUT2D eigenvalue weighted by atomic mass is 15.2. The smallest absolute Gasteiger partial charge is 0.252 e. The monoisotopic (exact) mass is 1550 g/mol. The molecule has 0 fully saturated rings. The summed E-state index contributed by atoms with van der Waals surface area (Å²) in [4.78, 5) is 8.67. The van der Waals surface area contributed by atoms with Gasteiger partial charge in [0.15, 0.2) is 5.69 Å². The maximum atomic E-state index is 10.7. The largest absolute Gasteiger partial charge is 0.309 e. The molecule has 120 heavy (non-hydrogen) atoms. The van der Waals surface area contributed by atoms with Gasteiger partial charge in [0.1, 0.15) is 0 Å². The molecule has 0 aliphatic carbocycles. The van der Waals surface area contributed by atoms with Gasteiger partial charge in [0.2, 0.25) is 0 Å². The van der Waals surface area contributed by atoms with Crippen molar-refractivity contribution in [1.29, 1.82) is 5.26 Å². The third-order valence-electron chi connectivity index (χ3n) is 24.4. The van der Waals surface area contributed by atoms with E-state index >= 15 is 0 Å². The summed E-state index contributed by atoms with van der Waals surface area (Å²) in [5, 5.41) is 13.9. The lowest BCUT2D eigenvalue weighted by Crippen LogP contribution is -2.61. The zero-order valence-corrected chi connectivity index (χ0v) is 66.3. The van der Waals surface area contributed by atoms with Crippen molar-refractivity contribution in [1.82, 2.24) is 13.5 Å². The fraction of sp³-hybridized carbons (Fsp3) is 0.0714. The predicted octanol–water partition coefficient (Wildman–Crippen LogP) is 28.1. The molecule has 0 N–H and O–H groups in total. The molecule has 564 valence electrons. The van der Waals surface area contributed by atoms with Crippen molar-refractivity contribution in [3.63, 3.8) is 0 Å². The van der Waals surface area contributed by atoms with Gasteiger partial charge in [-0.2, -0.15) is 5.26 Å². The lowest BCUT2D eigenvalue weighted by atomic mass is 9.33. The summed E-state index contributed by atoms with van der Waals surface area (Å²) in [6, 6.07) is 91.6. The molecule has 4 aromatic heterocycles. The number of hydrogen-bond acceptors (Lipinski definition) is 3. The van der Waals surface area contributed by atoms with E-state index in [2.05, 4.69) is 171 Å². The van der Waals surface area contributed by atoms with Crippen molar-refractivity contribution >= 4 is 145 Å². The first kappa shape index (κ1) is 56.9. The second-order valence-electron chi connectivity index (χ2n) is 33.4. The third-order valence-corrected chi connectivity index (χ3v) is 24.4. The Hall–Kier alpha value is -15.2. The molecule has 2 aliphatic heterocycles. The van der Waals surface area contributed by atoms with Crippen LogP contribution in [0, 0.1) is 17.9 Å². The lowest BCUT2D eigenvalue weighted by Gasteiger charge is -2.46. The van der Waals surface area contributed by atoms with Gasteiger partial charge in [0.05, 0.1) is 98.8 Å². The summed E-state index contributed by atoms with van der Waals surface area (Å²) in [5.41, 5.74) is 19.4. The van der Waals surface area contributed by atoms with Gasteiger partial charge >= 0.3 is 0 Å². The summed E-state index contributed by atoms with van der Waals surface area (Å²) in [6.45, 7) is 18.6. The molecule has 0 saturated carbocycles. The van der Waals surface area contributed by atoms with E-state index in [9.17, 15) is 24.5 Å². The van der Waals surface area contributed by atoms with Crippen LogP contribution in [-0.2, 0) is 10.8 Å². The molecule has 7 nitrogen and oxygen atoms in total. The highest BCUT2D eigenvalue weighted by Gasteiger charge is 2.49. The molecule has 0 saturated heterocycles. The van der Waals surface area contributed by atoms with Gasteiger partial charge in [-0.1, -0.05) is 308 Å². The minimum atomic E-state index is -0.916. The molecule has 0 amide bonds. The van der Waals surface area contributed by atoms with E-state index in [0.29, 0.717) is 45.4 Å². The zero-order valence-electron chi connectivity index (χ0n) is 80.3. The molecule has 6 heterocycles. The maximum Gasteiger partial charge on any atom is 0.252 e. The van der Waals surface area contributed by atoms with Gasteiger partial charge in [-0.25, -0.2) is 4.85 Å². The van der Waals surface area contributed by atoms with Crippen molar-refractivity contribution in [2.75, 3.05) is 9.80 Å². The number of nitriles is 1. The van der Waals surface area contributed by atoms with Crippen LogP contribution in [0.3, 0.4) is 0 Å². The Kier molecular flexibility index (Phi) is 12.7. The van der Waals surface area contributed by atoms with Crippen LogP contribution in [0.15, 0.2) is 364 Å². The molecule has 0 spiro atoms. The fourth-order valence-corrected chi connectivity index (χ4v) is 18.9. The zero-order chi connectivity index (χ0) is 92.7. The maximum absolute atomic E-state index is 10.7.